The summed E-state index contributed by atoms with van der Waals surface area (Å²) in [7, 11) is 0. The summed E-state index contributed by atoms with van der Waals surface area (Å²) < 4.78 is 11.7. The zero-order chi connectivity index (χ0) is 32.5. The largest absolute Gasteiger partial charge is 0.508 e. The molecular formula is C35H35NO8S2. The number of thiol groups is 2. The summed E-state index contributed by atoms with van der Waals surface area (Å²) in [6.45, 7) is 0. The van der Waals surface area contributed by atoms with Crippen molar-refractivity contribution in [1.82, 2.24) is 5.32 Å². The lowest BCUT2D eigenvalue weighted by Crippen LogP contribution is -2.41. The fourth-order valence-corrected chi connectivity index (χ4v) is 7.40. The SMILES string of the molecule is O=C(NC1CCC(C(=O)OC2CCCC2)CC(S)C(S)C1)c1ccc(C(=O)O)c(-c2c3ccc(=O)cc-3oc3cc(O)ccc23)c1. The third-order valence-corrected chi connectivity index (χ3v) is 10.4. The molecule has 0 saturated heterocycles. The van der Waals surface area contributed by atoms with E-state index in [1.165, 1.54) is 42.5 Å². The van der Waals surface area contributed by atoms with Crippen LogP contribution in [0.4, 0.5) is 0 Å². The summed E-state index contributed by atoms with van der Waals surface area (Å²) in [5.74, 6) is -2.00. The highest BCUT2D eigenvalue weighted by Crippen LogP contribution is 2.42. The number of nitrogens with one attached hydrogen (secondary N) is 1. The van der Waals surface area contributed by atoms with Crippen molar-refractivity contribution in [3.05, 3.63) is 75.9 Å². The smallest absolute Gasteiger partial charge is 0.336 e. The molecule has 240 valence electrons. The van der Waals surface area contributed by atoms with Crippen molar-refractivity contribution in [3.8, 4) is 28.2 Å². The summed E-state index contributed by atoms with van der Waals surface area (Å²) in [6, 6.07) is 12.7. The maximum absolute atomic E-state index is 13.7. The van der Waals surface area contributed by atoms with Gasteiger partial charge in [-0.05, 0) is 99.4 Å². The van der Waals surface area contributed by atoms with Crippen LogP contribution >= 0.6 is 25.3 Å². The van der Waals surface area contributed by atoms with Crippen molar-refractivity contribution in [3.63, 3.8) is 0 Å². The van der Waals surface area contributed by atoms with Crippen LogP contribution in [0.1, 0.15) is 72.1 Å². The van der Waals surface area contributed by atoms with Gasteiger partial charge < -0.3 is 24.7 Å². The van der Waals surface area contributed by atoms with E-state index in [1.807, 2.05) is 0 Å². The van der Waals surface area contributed by atoms with Gasteiger partial charge in [0.05, 0.1) is 11.5 Å². The number of amides is 1. The van der Waals surface area contributed by atoms with Crippen LogP contribution in [-0.2, 0) is 9.53 Å². The van der Waals surface area contributed by atoms with Crippen molar-refractivity contribution >= 4 is 54.1 Å². The Bertz CT molecular complexity index is 1830. The number of esters is 1. The van der Waals surface area contributed by atoms with Gasteiger partial charge >= 0.3 is 11.9 Å². The summed E-state index contributed by atoms with van der Waals surface area (Å²) in [5, 5.41) is 23.5. The molecule has 9 nitrogen and oxygen atoms in total. The van der Waals surface area contributed by atoms with E-state index >= 15 is 0 Å². The normalized spacial score (nSPS) is 22.3. The molecule has 1 amide bonds. The molecule has 3 N–H and O–H groups in total. The predicted octanol–water partition coefficient (Wildman–Crippen LogP) is 6.34. The second-order valence-corrected chi connectivity index (χ2v) is 13.6. The van der Waals surface area contributed by atoms with E-state index in [9.17, 15) is 29.4 Å². The molecule has 0 bridgehead atoms. The average molecular weight is 662 g/mol. The number of carboxylic acid groups (broad SMARTS) is 1. The maximum atomic E-state index is 13.7. The van der Waals surface area contributed by atoms with Crippen LogP contribution in [-0.4, -0.2) is 50.7 Å². The van der Waals surface area contributed by atoms with Gasteiger partial charge in [-0.25, -0.2) is 4.79 Å². The highest BCUT2D eigenvalue weighted by atomic mass is 32.1. The molecule has 4 unspecified atom stereocenters. The van der Waals surface area contributed by atoms with Gasteiger partial charge in [0.25, 0.3) is 5.91 Å². The van der Waals surface area contributed by atoms with Crippen molar-refractivity contribution < 1.29 is 33.8 Å². The minimum atomic E-state index is -1.20. The van der Waals surface area contributed by atoms with E-state index in [4.69, 9.17) is 34.4 Å². The van der Waals surface area contributed by atoms with Crippen LogP contribution in [0.3, 0.4) is 0 Å². The van der Waals surface area contributed by atoms with Gasteiger partial charge in [-0.3, -0.25) is 14.4 Å². The molecule has 0 radical (unpaired) electrons. The van der Waals surface area contributed by atoms with Crippen LogP contribution < -0.4 is 10.7 Å². The molecule has 11 heteroatoms. The standard InChI is InChI=1S/C35H35NO8S2/c37-21-8-11-25-28(16-21)44-29-17-22(38)9-12-26(29)32(25)27-13-18(6-10-24(27)34(40)41)33(39)36-20-7-5-19(14-30(45)31(46)15-20)35(42)43-23-3-1-2-4-23/h6,8-13,16-17,19-20,23,30-31,37,45-46H,1-5,7,14-15H2,(H,36,39)(H,40,41). The van der Waals surface area contributed by atoms with Crippen molar-refractivity contribution in [2.75, 3.05) is 0 Å². The lowest BCUT2D eigenvalue weighted by molar-refractivity contribution is -0.154. The number of aromatic carboxylic acids is 1. The Morgan fingerprint density at radius 1 is 0.870 bits per heavy atom. The number of rotatable bonds is 6. The molecule has 1 heterocycles. The Kier molecular flexibility index (Phi) is 9.33. The van der Waals surface area contributed by atoms with Crippen LogP contribution in [0, 0.1) is 5.92 Å². The van der Waals surface area contributed by atoms with Crippen molar-refractivity contribution in [2.45, 2.75) is 74.0 Å². The minimum absolute atomic E-state index is 0.0258. The number of carboxylic acids is 1. The average Bonchev–Trinajstić information content (AvgIpc) is 3.53. The third kappa shape index (κ3) is 6.76. The lowest BCUT2D eigenvalue weighted by Gasteiger charge is -2.31. The molecular weight excluding hydrogens is 627 g/mol. The fourth-order valence-electron chi connectivity index (χ4n) is 6.64. The van der Waals surface area contributed by atoms with Gasteiger partial charge in [-0.1, -0.05) is 0 Å². The number of carbonyl (C=O) groups is 3. The summed E-state index contributed by atoms with van der Waals surface area (Å²) in [4.78, 5) is 51.4. The zero-order valence-corrected chi connectivity index (χ0v) is 26.8. The third-order valence-electron chi connectivity index (χ3n) is 9.07. The number of ether oxygens (including phenoxy) is 1. The predicted molar refractivity (Wildman–Crippen MR) is 180 cm³/mol. The van der Waals surface area contributed by atoms with Crippen molar-refractivity contribution in [1.29, 1.82) is 0 Å². The lowest BCUT2D eigenvalue weighted by atomic mass is 9.87. The summed E-state index contributed by atoms with van der Waals surface area (Å²) in [5.41, 5.74) is 1.32. The molecule has 2 aromatic carbocycles. The van der Waals surface area contributed by atoms with Crippen LogP contribution in [0.5, 0.6) is 5.75 Å². The molecule has 0 spiro atoms. The highest BCUT2D eigenvalue weighted by Gasteiger charge is 2.33. The topological polar surface area (TPSA) is 143 Å². The Balaban J connectivity index is 1.32. The molecule has 2 aromatic rings. The first-order chi connectivity index (χ1) is 22.1. The van der Waals surface area contributed by atoms with Crippen molar-refractivity contribution in [2.24, 2.45) is 5.92 Å². The molecule has 6 rings (SSSR count). The first-order valence-electron chi connectivity index (χ1n) is 15.5. The summed E-state index contributed by atoms with van der Waals surface area (Å²) >= 11 is 9.49. The fraction of sp³-hybridized carbons (Fsp3) is 0.371. The van der Waals surface area contributed by atoms with E-state index in [0.29, 0.717) is 42.2 Å². The van der Waals surface area contributed by atoms with Crippen LogP contribution in [0.25, 0.3) is 33.4 Å². The molecule has 4 aliphatic rings. The number of hydrogen-bond acceptors (Lipinski definition) is 9. The molecule has 2 saturated carbocycles. The van der Waals surface area contributed by atoms with Gasteiger partial charge in [0, 0.05) is 50.8 Å². The Morgan fingerprint density at radius 2 is 1.63 bits per heavy atom. The molecule has 4 atom stereocenters. The van der Waals surface area contributed by atoms with Crippen LogP contribution in [0.15, 0.2) is 63.8 Å². The monoisotopic (exact) mass is 661 g/mol. The van der Waals surface area contributed by atoms with E-state index in [0.717, 1.165) is 25.7 Å². The zero-order valence-electron chi connectivity index (χ0n) is 25.0. The van der Waals surface area contributed by atoms with Gasteiger partial charge in [-0.15, -0.1) is 0 Å². The Hall–Kier alpha value is -3.96. The summed E-state index contributed by atoms with van der Waals surface area (Å²) in [6.07, 6.45) is 6.08. The first-order valence-corrected chi connectivity index (χ1v) is 16.6. The van der Waals surface area contributed by atoms with Gasteiger partial charge in [0.15, 0.2) is 5.43 Å². The second-order valence-electron chi connectivity index (χ2n) is 12.3. The van der Waals surface area contributed by atoms with E-state index in [2.05, 4.69) is 5.32 Å². The quantitative estimate of drug-likeness (QED) is 0.0916. The first kappa shape index (κ1) is 32.0. The van der Waals surface area contributed by atoms with Gasteiger partial charge in [0.1, 0.15) is 23.2 Å². The molecule has 3 aliphatic carbocycles. The Labute approximate surface area is 276 Å². The second kappa shape index (κ2) is 13.4. The Morgan fingerprint density at radius 3 is 2.39 bits per heavy atom. The number of fused-ring (bicyclic) bond motifs is 2. The molecule has 0 aromatic heterocycles. The molecule has 46 heavy (non-hydrogen) atoms. The highest BCUT2D eigenvalue weighted by molar-refractivity contribution is 7.85. The van der Waals surface area contributed by atoms with E-state index in [-0.39, 0.29) is 73.7 Å². The number of benzene rings is 3. The maximum Gasteiger partial charge on any atom is 0.336 e. The number of carbonyl (C=O) groups excluding carboxylic acids is 2. The molecule has 2 fully saturated rings. The number of phenols is 1. The van der Waals surface area contributed by atoms with E-state index < -0.39 is 11.9 Å². The van der Waals surface area contributed by atoms with Gasteiger partial charge in [-0.2, -0.15) is 25.3 Å². The number of aromatic hydroxyl groups is 1. The molecule has 1 aliphatic heterocycles. The van der Waals surface area contributed by atoms with Crippen LogP contribution in [0.2, 0.25) is 0 Å². The number of phenolic OH excluding ortho intramolecular Hbond substituents is 1. The number of hydrogen-bond donors (Lipinski definition) is 5. The van der Waals surface area contributed by atoms with E-state index in [1.54, 1.807) is 12.1 Å². The minimum Gasteiger partial charge on any atom is -0.508 e. The van der Waals surface area contributed by atoms with Gasteiger partial charge in [0.2, 0.25) is 0 Å².